The molecule has 0 rings (SSSR count). The van der Waals surface area contributed by atoms with E-state index in [9.17, 15) is 0 Å². The predicted octanol–water partition coefficient (Wildman–Crippen LogP) is 1.78. The lowest BCUT2D eigenvalue weighted by atomic mass is 10.5. The summed E-state index contributed by atoms with van der Waals surface area (Å²) in [6, 6.07) is 0. The predicted molar refractivity (Wildman–Crippen MR) is 42.0 cm³/mol. The summed E-state index contributed by atoms with van der Waals surface area (Å²) in [5.74, 6) is 0. The molecule has 0 amide bonds. The van der Waals surface area contributed by atoms with Crippen molar-refractivity contribution in [1.82, 2.24) is 0 Å². The average molecular weight is 126 g/mol. The Balaban J connectivity index is 3.71. The number of hydrogen-bond donors (Lipinski definition) is 0. The molecule has 0 bridgehead atoms. The van der Waals surface area contributed by atoms with Crippen molar-refractivity contribution in [3.05, 3.63) is 24.4 Å². The third-order valence-electron chi connectivity index (χ3n) is 0.837. The summed E-state index contributed by atoms with van der Waals surface area (Å²) in [4.78, 5) is 0. The van der Waals surface area contributed by atoms with E-state index in [1.54, 1.807) is 0 Å². The van der Waals surface area contributed by atoms with Crippen molar-refractivity contribution in [3.63, 3.8) is 0 Å². The maximum Gasteiger partial charge on any atom is 0.0952 e. The van der Waals surface area contributed by atoms with Gasteiger partial charge >= 0.3 is 0 Å². The van der Waals surface area contributed by atoms with E-state index in [1.165, 1.54) is 0 Å². The Morgan fingerprint density at radius 2 is 1.56 bits per heavy atom. The standard InChI is InChI=1S/C8H16N/c1-5-6-7-8-9(2,3)4/h5-8H,1-4H3/q+1. The Hall–Kier alpha value is -0.560. The smallest absolute Gasteiger partial charge is 0.0952 e. The van der Waals surface area contributed by atoms with Gasteiger partial charge in [-0.1, -0.05) is 12.2 Å². The molecule has 0 aliphatic heterocycles. The molecule has 0 saturated heterocycles. The van der Waals surface area contributed by atoms with Gasteiger partial charge in [0.2, 0.25) is 0 Å². The van der Waals surface area contributed by atoms with Crippen LogP contribution in [0.2, 0.25) is 0 Å². The molecule has 0 N–H and O–H groups in total. The third-order valence-corrected chi connectivity index (χ3v) is 0.837. The summed E-state index contributed by atoms with van der Waals surface area (Å²) in [6.45, 7) is 2.01. The highest BCUT2D eigenvalue weighted by atomic mass is 15.3. The van der Waals surface area contributed by atoms with Crippen LogP contribution < -0.4 is 0 Å². The fraction of sp³-hybridized carbons (Fsp3) is 0.500. The highest BCUT2D eigenvalue weighted by Crippen LogP contribution is 1.90. The molecule has 0 aliphatic carbocycles. The number of allylic oxidation sites excluding steroid dienone is 3. The second kappa shape index (κ2) is 3.46. The first kappa shape index (κ1) is 8.44. The zero-order valence-corrected chi connectivity index (χ0v) is 6.76. The molecule has 0 aromatic rings. The van der Waals surface area contributed by atoms with E-state index >= 15 is 0 Å². The van der Waals surface area contributed by atoms with Crippen molar-refractivity contribution < 1.29 is 4.48 Å². The highest BCUT2D eigenvalue weighted by molar-refractivity contribution is 4.97. The topological polar surface area (TPSA) is 0 Å². The van der Waals surface area contributed by atoms with Crippen molar-refractivity contribution in [2.24, 2.45) is 0 Å². The Morgan fingerprint density at radius 3 is 1.89 bits per heavy atom. The summed E-state index contributed by atoms with van der Waals surface area (Å²) in [5.41, 5.74) is 0. The van der Waals surface area contributed by atoms with Gasteiger partial charge in [-0.3, -0.25) is 0 Å². The molecule has 52 valence electrons. The zero-order chi connectivity index (χ0) is 7.33. The van der Waals surface area contributed by atoms with Gasteiger partial charge in [0.1, 0.15) is 0 Å². The third kappa shape index (κ3) is 7.44. The van der Waals surface area contributed by atoms with E-state index in [1.807, 2.05) is 19.1 Å². The van der Waals surface area contributed by atoms with Gasteiger partial charge in [0.05, 0.1) is 27.3 Å². The van der Waals surface area contributed by atoms with Crippen molar-refractivity contribution in [1.29, 1.82) is 0 Å². The van der Waals surface area contributed by atoms with Crippen LogP contribution >= 0.6 is 0 Å². The van der Waals surface area contributed by atoms with Gasteiger partial charge in [0.15, 0.2) is 0 Å². The molecule has 0 unspecified atom stereocenters. The lowest BCUT2D eigenvalue weighted by Gasteiger charge is -2.16. The molecule has 9 heavy (non-hydrogen) atoms. The Kier molecular flexibility index (Phi) is 3.25. The first-order valence-electron chi connectivity index (χ1n) is 3.18. The van der Waals surface area contributed by atoms with E-state index in [-0.39, 0.29) is 0 Å². The van der Waals surface area contributed by atoms with E-state index in [0.29, 0.717) is 0 Å². The summed E-state index contributed by atoms with van der Waals surface area (Å²) in [7, 11) is 6.38. The van der Waals surface area contributed by atoms with E-state index in [0.717, 1.165) is 4.48 Å². The Morgan fingerprint density at radius 1 is 1.00 bits per heavy atom. The maximum absolute atomic E-state index is 2.12. The molecule has 0 aromatic carbocycles. The molecule has 0 aromatic heterocycles. The van der Waals surface area contributed by atoms with Gasteiger partial charge in [0, 0.05) is 0 Å². The molecule has 0 radical (unpaired) electrons. The molecule has 0 atom stereocenters. The lowest BCUT2D eigenvalue weighted by Crippen LogP contribution is -2.26. The average Bonchev–Trinajstić information content (AvgIpc) is 1.63. The van der Waals surface area contributed by atoms with Crippen LogP contribution in [0.15, 0.2) is 24.4 Å². The molecule has 0 spiro atoms. The van der Waals surface area contributed by atoms with Crippen molar-refractivity contribution in [3.8, 4) is 0 Å². The zero-order valence-electron chi connectivity index (χ0n) is 6.76. The van der Waals surface area contributed by atoms with Crippen molar-refractivity contribution >= 4 is 0 Å². The molecule has 0 heterocycles. The highest BCUT2D eigenvalue weighted by Gasteiger charge is 1.96. The van der Waals surface area contributed by atoms with Crippen molar-refractivity contribution in [2.75, 3.05) is 21.1 Å². The van der Waals surface area contributed by atoms with Gasteiger partial charge in [-0.05, 0) is 13.0 Å². The van der Waals surface area contributed by atoms with Crippen LogP contribution in [0, 0.1) is 0 Å². The second-order valence-electron chi connectivity index (χ2n) is 2.98. The number of hydrogen-bond acceptors (Lipinski definition) is 0. The molecular formula is C8H16N+. The lowest BCUT2D eigenvalue weighted by molar-refractivity contribution is -0.817. The summed E-state index contributed by atoms with van der Waals surface area (Å²) >= 11 is 0. The fourth-order valence-electron chi connectivity index (χ4n) is 0.419. The SMILES string of the molecule is CC=CC=C[N+](C)(C)C. The van der Waals surface area contributed by atoms with E-state index in [4.69, 9.17) is 0 Å². The quantitative estimate of drug-likeness (QED) is 0.391. The number of nitrogens with zero attached hydrogens (tertiary/aromatic N) is 1. The second-order valence-corrected chi connectivity index (χ2v) is 2.98. The van der Waals surface area contributed by atoms with Crippen LogP contribution in [0.4, 0.5) is 0 Å². The van der Waals surface area contributed by atoms with Gasteiger partial charge < -0.3 is 4.48 Å². The van der Waals surface area contributed by atoms with Gasteiger partial charge in [0.25, 0.3) is 0 Å². The van der Waals surface area contributed by atoms with Gasteiger partial charge in [-0.2, -0.15) is 0 Å². The molecule has 0 fully saturated rings. The fourth-order valence-corrected chi connectivity index (χ4v) is 0.419. The first-order valence-corrected chi connectivity index (χ1v) is 3.18. The molecule has 1 nitrogen and oxygen atoms in total. The van der Waals surface area contributed by atoms with Crippen LogP contribution in [0.25, 0.3) is 0 Å². The van der Waals surface area contributed by atoms with Crippen LogP contribution in [0.1, 0.15) is 6.92 Å². The van der Waals surface area contributed by atoms with Gasteiger partial charge in [-0.25, -0.2) is 0 Å². The monoisotopic (exact) mass is 126 g/mol. The molecule has 1 heteroatoms. The number of rotatable bonds is 2. The Bertz CT molecular complexity index is 115. The number of quaternary nitrogens is 1. The molecule has 0 saturated carbocycles. The summed E-state index contributed by atoms with van der Waals surface area (Å²) in [5, 5.41) is 0. The van der Waals surface area contributed by atoms with Crippen molar-refractivity contribution in [2.45, 2.75) is 6.92 Å². The maximum atomic E-state index is 2.12. The van der Waals surface area contributed by atoms with Crippen LogP contribution in [0.5, 0.6) is 0 Å². The first-order chi connectivity index (χ1) is 4.06. The van der Waals surface area contributed by atoms with E-state index < -0.39 is 0 Å². The molecule has 0 aliphatic rings. The minimum Gasteiger partial charge on any atom is -0.305 e. The normalized spacial score (nSPS) is 13.8. The van der Waals surface area contributed by atoms with E-state index in [2.05, 4.69) is 33.4 Å². The molecular weight excluding hydrogens is 110 g/mol. The van der Waals surface area contributed by atoms with Crippen LogP contribution in [-0.4, -0.2) is 25.6 Å². The minimum atomic E-state index is 0.879. The Labute approximate surface area is 57.9 Å². The summed E-state index contributed by atoms with van der Waals surface area (Å²) < 4.78 is 0.879. The minimum absolute atomic E-state index is 0.879. The van der Waals surface area contributed by atoms with Crippen LogP contribution in [0.3, 0.4) is 0 Å². The largest absolute Gasteiger partial charge is 0.305 e. The summed E-state index contributed by atoms with van der Waals surface area (Å²) in [6.07, 6.45) is 8.23. The van der Waals surface area contributed by atoms with Crippen LogP contribution in [-0.2, 0) is 0 Å². The van der Waals surface area contributed by atoms with Gasteiger partial charge in [-0.15, -0.1) is 0 Å².